The fourth-order valence-electron chi connectivity index (χ4n) is 5.42. The molecule has 100 valence electrons. The molecule has 4 saturated carbocycles. The summed E-state index contributed by atoms with van der Waals surface area (Å²) in [4.78, 5) is 0. The van der Waals surface area contributed by atoms with Crippen LogP contribution in [-0.2, 0) is 0 Å². The second-order valence-electron chi connectivity index (χ2n) is 7.91. The lowest BCUT2D eigenvalue weighted by Gasteiger charge is -2.57. The molecule has 4 aliphatic rings. The third-order valence-electron chi connectivity index (χ3n) is 5.87. The zero-order valence-electron chi connectivity index (χ0n) is 11.6. The predicted molar refractivity (Wildman–Crippen MR) is 72.7 cm³/mol. The normalized spacial score (nSPS) is 44.6. The van der Waals surface area contributed by atoms with E-state index in [-0.39, 0.29) is 5.54 Å². The molecule has 4 aliphatic carbocycles. The first-order valence-corrected chi connectivity index (χ1v) is 7.66. The van der Waals surface area contributed by atoms with Crippen molar-refractivity contribution in [3.8, 4) is 6.07 Å². The van der Waals surface area contributed by atoms with E-state index in [1.807, 2.05) is 0 Å². The van der Waals surface area contributed by atoms with Crippen LogP contribution < -0.4 is 5.73 Å². The molecule has 0 aliphatic heterocycles. The molecule has 2 nitrogen and oxygen atoms in total. The fourth-order valence-corrected chi connectivity index (χ4v) is 5.42. The third kappa shape index (κ3) is 2.30. The summed E-state index contributed by atoms with van der Waals surface area (Å²) in [6, 6.07) is 2.24. The summed E-state index contributed by atoms with van der Waals surface area (Å²) < 4.78 is 0. The van der Waals surface area contributed by atoms with Gasteiger partial charge in [0.1, 0.15) is 0 Å². The molecular formula is C16H26N2. The van der Waals surface area contributed by atoms with Crippen molar-refractivity contribution >= 4 is 0 Å². The Bertz CT molecular complexity index is 328. The molecule has 1 unspecified atom stereocenters. The van der Waals surface area contributed by atoms with Gasteiger partial charge >= 0.3 is 0 Å². The van der Waals surface area contributed by atoms with Crippen LogP contribution in [0, 0.1) is 34.5 Å². The molecule has 2 heteroatoms. The summed E-state index contributed by atoms with van der Waals surface area (Å²) in [7, 11) is 0. The molecule has 4 bridgehead atoms. The Balaban J connectivity index is 1.64. The average molecular weight is 246 g/mol. The highest BCUT2D eigenvalue weighted by Gasteiger charge is 2.50. The average Bonchev–Trinajstić information content (AvgIpc) is 2.25. The highest BCUT2D eigenvalue weighted by Crippen LogP contribution is 2.61. The topological polar surface area (TPSA) is 49.8 Å². The lowest BCUT2D eigenvalue weighted by atomic mass is 9.48. The van der Waals surface area contributed by atoms with E-state index in [4.69, 9.17) is 11.0 Å². The molecule has 2 N–H and O–H groups in total. The van der Waals surface area contributed by atoms with E-state index in [9.17, 15) is 0 Å². The number of rotatable bonds is 4. The van der Waals surface area contributed by atoms with Crippen molar-refractivity contribution in [2.45, 2.75) is 70.3 Å². The van der Waals surface area contributed by atoms with E-state index in [1.54, 1.807) is 0 Å². The Morgan fingerprint density at radius 1 is 1.17 bits per heavy atom. The first-order chi connectivity index (χ1) is 8.50. The number of hydrogen-bond donors (Lipinski definition) is 1. The van der Waals surface area contributed by atoms with Gasteiger partial charge in [0, 0.05) is 5.54 Å². The maximum atomic E-state index is 8.83. The molecule has 4 rings (SSSR count). The summed E-state index contributed by atoms with van der Waals surface area (Å²) in [5, 5.41) is 8.83. The lowest BCUT2D eigenvalue weighted by molar-refractivity contribution is -0.0603. The van der Waals surface area contributed by atoms with Gasteiger partial charge in [-0.05, 0) is 81.5 Å². The van der Waals surface area contributed by atoms with Crippen LogP contribution in [0.5, 0.6) is 0 Å². The van der Waals surface area contributed by atoms with Gasteiger partial charge in [0.05, 0.1) is 12.5 Å². The summed E-state index contributed by atoms with van der Waals surface area (Å²) in [5.41, 5.74) is 6.58. The van der Waals surface area contributed by atoms with E-state index >= 15 is 0 Å². The van der Waals surface area contributed by atoms with Crippen LogP contribution in [0.25, 0.3) is 0 Å². The number of nitriles is 1. The zero-order chi connectivity index (χ0) is 12.8. The number of nitrogens with two attached hydrogens (primary N) is 1. The Morgan fingerprint density at radius 3 is 2.11 bits per heavy atom. The van der Waals surface area contributed by atoms with Gasteiger partial charge in [-0.1, -0.05) is 0 Å². The van der Waals surface area contributed by atoms with Gasteiger partial charge in [-0.2, -0.15) is 5.26 Å². The first-order valence-electron chi connectivity index (χ1n) is 7.66. The van der Waals surface area contributed by atoms with Crippen LogP contribution in [0.4, 0.5) is 0 Å². The molecule has 18 heavy (non-hydrogen) atoms. The van der Waals surface area contributed by atoms with Gasteiger partial charge in [-0.15, -0.1) is 0 Å². The highest BCUT2D eigenvalue weighted by molar-refractivity contribution is 5.02. The van der Waals surface area contributed by atoms with Gasteiger partial charge in [-0.3, -0.25) is 0 Å². The van der Waals surface area contributed by atoms with Crippen molar-refractivity contribution in [2.75, 3.05) is 0 Å². The lowest BCUT2D eigenvalue weighted by Crippen LogP contribution is -2.47. The number of hydrogen-bond acceptors (Lipinski definition) is 2. The van der Waals surface area contributed by atoms with E-state index < -0.39 is 0 Å². The molecule has 0 amide bonds. The van der Waals surface area contributed by atoms with E-state index in [0.717, 1.165) is 24.2 Å². The van der Waals surface area contributed by atoms with Crippen LogP contribution in [-0.4, -0.2) is 5.54 Å². The van der Waals surface area contributed by atoms with Gasteiger partial charge in [0.25, 0.3) is 0 Å². The third-order valence-corrected chi connectivity index (χ3v) is 5.87. The van der Waals surface area contributed by atoms with Crippen molar-refractivity contribution in [3.63, 3.8) is 0 Å². The molecule has 0 aromatic rings. The molecule has 1 atom stereocenters. The van der Waals surface area contributed by atoms with Crippen LogP contribution >= 0.6 is 0 Å². The van der Waals surface area contributed by atoms with Crippen molar-refractivity contribution in [2.24, 2.45) is 28.9 Å². The van der Waals surface area contributed by atoms with Crippen molar-refractivity contribution < 1.29 is 0 Å². The maximum Gasteiger partial charge on any atom is 0.0640 e. The minimum Gasteiger partial charge on any atom is -0.324 e. The van der Waals surface area contributed by atoms with Crippen LogP contribution in [0.2, 0.25) is 0 Å². The number of nitrogens with zero attached hydrogens (tertiary/aromatic N) is 1. The largest absolute Gasteiger partial charge is 0.324 e. The van der Waals surface area contributed by atoms with Gasteiger partial charge in [0.2, 0.25) is 0 Å². The Kier molecular flexibility index (Phi) is 2.94. The van der Waals surface area contributed by atoms with E-state index in [0.29, 0.717) is 11.8 Å². The van der Waals surface area contributed by atoms with Crippen LogP contribution in [0.1, 0.15) is 64.7 Å². The monoisotopic (exact) mass is 246 g/mol. The van der Waals surface area contributed by atoms with E-state index in [2.05, 4.69) is 13.0 Å². The Morgan fingerprint density at radius 2 is 1.67 bits per heavy atom. The minimum absolute atomic E-state index is 0.266. The smallest absolute Gasteiger partial charge is 0.0640 e. The highest BCUT2D eigenvalue weighted by atomic mass is 14.7. The zero-order valence-corrected chi connectivity index (χ0v) is 11.6. The van der Waals surface area contributed by atoms with Gasteiger partial charge < -0.3 is 5.73 Å². The summed E-state index contributed by atoms with van der Waals surface area (Å²) in [6.45, 7) is 2.05. The summed E-state index contributed by atoms with van der Waals surface area (Å²) in [6.07, 6.45) is 11.7. The molecule has 0 radical (unpaired) electrons. The van der Waals surface area contributed by atoms with E-state index in [1.165, 1.54) is 44.9 Å². The molecule has 0 heterocycles. The SMILES string of the molecule is CC(N)(CC#N)CCC12CC3CC(CC(C3)C1)C2. The maximum absolute atomic E-state index is 8.83. The van der Waals surface area contributed by atoms with Gasteiger partial charge in [0.15, 0.2) is 0 Å². The molecule has 0 saturated heterocycles. The molecule has 0 aromatic carbocycles. The molecule has 4 fully saturated rings. The van der Waals surface area contributed by atoms with Gasteiger partial charge in [-0.25, -0.2) is 0 Å². The second kappa shape index (κ2) is 4.23. The molecular weight excluding hydrogens is 220 g/mol. The summed E-state index contributed by atoms with van der Waals surface area (Å²) in [5.74, 6) is 3.07. The van der Waals surface area contributed by atoms with Crippen molar-refractivity contribution in [1.29, 1.82) is 5.26 Å². The fraction of sp³-hybridized carbons (Fsp3) is 0.938. The van der Waals surface area contributed by atoms with Crippen molar-refractivity contribution in [1.82, 2.24) is 0 Å². The standard InChI is InChI=1S/C16H26N2/c1-15(18,4-5-17)2-3-16-9-12-6-13(10-16)8-14(7-12)11-16/h12-14H,2-4,6-11,18H2,1H3. The molecule has 0 spiro atoms. The Hall–Kier alpha value is -0.550. The quantitative estimate of drug-likeness (QED) is 0.823. The second-order valence-corrected chi connectivity index (χ2v) is 7.91. The van der Waals surface area contributed by atoms with Crippen LogP contribution in [0.15, 0.2) is 0 Å². The first kappa shape index (κ1) is 12.5. The molecule has 0 aromatic heterocycles. The van der Waals surface area contributed by atoms with Crippen LogP contribution in [0.3, 0.4) is 0 Å². The van der Waals surface area contributed by atoms with Crippen molar-refractivity contribution in [3.05, 3.63) is 0 Å². The Labute approximate surface area is 111 Å². The predicted octanol–water partition coefficient (Wildman–Crippen LogP) is 3.61. The summed E-state index contributed by atoms with van der Waals surface area (Å²) >= 11 is 0. The minimum atomic E-state index is -0.266.